The Morgan fingerprint density at radius 1 is 1.42 bits per heavy atom. The molecule has 3 fully saturated rings. The molecule has 2 bridgehead atoms. The summed E-state index contributed by atoms with van der Waals surface area (Å²) in [5.41, 5.74) is 0.988. The first-order chi connectivity index (χ1) is 11.4. The van der Waals surface area contributed by atoms with Gasteiger partial charge in [-0.15, -0.1) is 0 Å². The van der Waals surface area contributed by atoms with Crippen molar-refractivity contribution in [2.45, 2.75) is 62.4 Å². The third-order valence-electron chi connectivity index (χ3n) is 5.76. The molecule has 0 spiro atoms. The lowest BCUT2D eigenvalue weighted by atomic mass is 9.73. The zero-order chi connectivity index (χ0) is 17.5. The van der Waals surface area contributed by atoms with Gasteiger partial charge in [0.05, 0.1) is 6.04 Å². The first kappa shape index (κ1) is 18.4. The smallest absolute Gasteiger partial charge is 0.172 e. The van der Waals surface area contributed by atoms with Crippen LogP contribution in [-0.2, 0) is 9.59 Å². The van der Waals surface area contributed by atoms with Gasteiger partial charge in [0.15, 0.2) is 5.78 Å². The highest BCUT2D eigenvalue weighted by Gasteiger charge is 2.64. The van der Waals surface area contributed by atoms with E-state index >= 15 is 0 Å². The highest BCUT2D eigenvalue weighted by molar-refractivity contribution is 14.2. The maximum atomic E-state index is 13.3. The lowest BCUT2D eigenvalue weighted by molar-refractivity contribution is -0.130. The van der Waals surface area contributed by atoms with Crippen molar-refractivity contribution >= 4 is 41.7 Å². The van der Waals surface area contributed by atoms with Gasteiger partial charge >= 0.3 is 0 Å². The summed E-state index contributed by atoms with van der Waals surface area (Å²) in [7, 11) is 1.62. The van der Waals surface area contributed by atoms with Crippen molar-refractivity contribution in [3.63, 3.8) is 0 Å². The van der Waals surface area contributed by atoms with Crippen LogP contribution in [0.15, 0.2) is 36.5 Å². The van der Waals surface area contributed by atoms with Crippen LogP contribution >= 0.6 is 30.1 Å². The molecule has 130 valence electrons. The van der Waals surface area contributed by atoms with Crippen molar-refractivity contribution in [3.8, 4) is 0 Å². The van der Waals surface area contributed by atoms with Gasteiger partial charge in [-0.25, -0.2) is 0 Å². The summed E-state index contributed by atoms with van der Waals surface area (Å²) in [5, 5.41) is 0. The number of fused-ring (bicyclic) bond motifs is 4. The number of nitrogens with zero attached hydrogens (tertiary/aromatic N) is 1. The van der Waals surface area contributed by atoms with Crippen LogP contribution in [0.2, 0.25) is 0 Å². The summed E-state index contributed by atoms with van der Waals surface area (Å²) >= 11 is 2.26. The second-order valence-electron chi connectivity index (χ2n) is 7.23. The average Bonchev–Trinajstić information content (AvgIpc) is 2.68. The predicted molar refractivity (Wildman–Crippen MR) is 108 cm³/mol. The molecule has 24 heavy (non-hydrogen) atoms. The Morgan fingerprint density at radius 2 is 2.17 bits per heavy atom. The monoisotopic (exact) mass is 457 g/mol. The van der Waals surface area contributed by atoms with Gasteiger partial charge in [-0.1, -0.05) is 45.4 Å². The van der Waals surface area contributed by atoms with E-state index in [1.54, 1.807) is 8.93 Å². The van der Waals surface area contributed by atoms with Gasteiger partial charge in [-0.3, -0.25) is 14.5 Å². The van der Waals surface area contributed by atoms with E-state index < -0.39 is 4.75 Å². The lowest BCUT2D eigenvalue weighted by Crippen LogP contribution is -2.58. The third-order valence-corrected chi connectivity index (χ3v) is 9.10. The normalized spacial score (nSPS) is 42.0. The van der Waals surface area contributed by atoms with Crippen molar-refractivity contribution in [1.82, 2.24) is 4.90 Å². The van der Waals surface area contributed by atoms with E-state index in [0.717, 1.165) is 18.4 Å². The zero-order valence-corrected chi connectivity index (χ0v) is 17.2. The number of hydrogen-bond donors (Lipinski definition) is 0. The van der Waals surface area contributed by atoms with E-state index in [9.17, 15) is 9.59 Å². The second-order valence-corrected chi connectivity index (χ2v) is 9.43. The summed E-state index contributed by atoms with van der Waals surface area (Å²) in [5.74, 6) is 0.666. The number of halogens is 1. The van der Waals surface area contributed by atoms with Crippen LogP contribution in [0, 0.1) is 5.92 Å². The fraction of sp³-hybridized carbons (Fsp3) is 0.579. The Kier molecular flexibility index (Phi) is 5.42. The second kappa shape index (κ2) is 7.08. The van der Waals surface area contributed by atoms with Gasteiger partial charge in [0.25, 0.3) is 0 Å². The number of hydrogen-bond acceptors (Lipinski definition) is 4. The number of Topliss-reactive ketones (excluding diaryl/α,β-unsaturated/α-hetero) is 2. The molecule has 6 unspecified atom stereocenters. The van der Waals surface area contributed by atoms with Crippen LogP contribution in [0.5, 0.6) is 0 Å². The minimum Gasteiger partial charge on any atom is -0.299 e. The van der Waals surface area contributed by atoms with Crippen molar-refractivity contribution in [2.24, 2.45) is 5.92 Å². The number of allylic oxidation sites excluding steroid dienone is 4. The standard InChI is InChI=1S/C19H24INO2S/c1-12(2)7-4-5-8-16-18(23)19(24-20)11-14-15(21(16)13(19)3)9-6-10-17(14)22/h4-5,7-8,13-16H,1,6,9-11H2,2-3H3/b7-4-,8-5-. The van der Waals surface area contributed by atoms with Crippen LogP contribution in [-0.4, -0.2) is 39.3 Å². The van der Waals surface area contributed by atoms with E-state index in [0.29, 0.717) is 18.6 Å². The molecule has 6 atom stereocenters. The predicted octanol–water partition coefficient (Wildman–Crippen LogP) is 4.28. The quantitative estimate of drug-likeness (QED) is 0.467. The molecular weight excluding hydrogens is 433 g/mol. The molecule has 0 amide bonds. The molecule has 5 heteroatoms. The summed E-state index contributed by atoms with van der Waals surface area (Å²) < 4.78 is -0.443. The summed E-state index contributed by atoms with van der Waals surface area (Å²) in [4.78, 5) is 28.1. The number of carbonyl (C=O) groups excluding carboxylic acids is 2. The molecule has 0 aromatic rings. The molecule has 2 heterocycles. The van der Waals surface area contributed by atoms with E-state index in [-0.39, 0.29) is 29.8 Å². The summed E-state index contributed by atoms with van der Waals surface area (Å²) in [6, 6.07) is 0.195. The number of rotatable bonds is 4. The van der Waals surface area contributed by atoms with Gasteiger partial charge in [0.2, 0.25) is 0 Å². The zero-order valence-electron chi connectivity index (χ0n) is 14.2. The molecule has 1 aliphatic carbocycles. The molecule has 2 aliphatic heterocycles. The molecule has 0 aromatic carbocycles. The van der Waals surface area contributed by atoms with Crippen molar-refractivity contribution in [3.05, 3.63) is 36.5 Å². The van der Waals surface area contributed by atoms with Crippen molar-refractivity contribution < 1.29 is 9.59 Å². The maximum Gasteiger partial charge on any atom is 0.172 e. The van der Waals surface area contributed by atoms with E-state index in [4.69, 9.17) is 0 Å². The molecule has 3 rings (SSSR count). The molecular formula is C19H24INO2S. The van der Waals surface area contributed by atoms with Gasteiger partial charge in [0.1, 0.15) is 10.5 Å². The fourth-order valence-corrected chi connectivity index (χ4v) is 7.55. The van der Waals surface area contributed by atoms with E-state index in [1.807, 2.05) is 31.2 Å². The Labute approximate surface area is 160 Å². The minimum atomic E-state index is -0.443. The SMILES string of the molecule is C=C(C)/C=C\C=C/C1C(=O)C2(SI)CC3C(=O)CCCC3N1C2C. The Morgan fingerprint density at radius 3 is 2.83 bits per heavy atom. The summed E-state index contributed by atoms with van der Waals surface area (Å²) in [6.07, 6.45) is 11.2. The maximum absolute atomic E-state index is 13.3. The van der Waals surface area contributed by atoms with Gasteiger partial charge in [-0.2, -0.15) is 0 Å². The van der Waals surface area contributed by atoms with Crippen LogP contribution in [0.4, 0.5) is 0 Å². The first-order valence-corrected chi connectivity index (χ1v) is 11.9. The van der Waals surface area contributed by atoms with Gasteiger partial charge in [0, 0.05) is 24.4 Å². The largest absolute Gasteiger partial charge is 0.299 e. The molecule has 2 saturated heterocycles. The number of ketones is 2. The fourth-order valence-electron chi connectivity index (χ4n) is 4.57. The van der Waals surface area contributed by atoms with E-state index in [1.165, 1.54) is 0 Å². The van der Waals surface area contributed by atoms with Crippen LogP contribution in [0.25, 0.3) is 0 Å². The molecule has 3 aliphatic rings. The Balaban J connectivity index is 1.95. The number of piperidine rings is 1. The van der Waals surface area contributed by atoms with E-state index in [2.05, 4.69) is 39.6 Å². The van der Waals surface area contributed by atoms with Crippen LogP contribution < -0.4 is 0 Å². The number of carbonyl (C=O) groups is 2. The minimum absolute atomic E-state index is 0.0329. The summed E-state index contributed by atoms with van der Waals surface area (Å²) in [6.45, 7) is 7.96. The Bertz CT molecular complexity index is 629. The topological polar surface area (TPSA) is 37.4 Å². The highest BCUT2D eigenvalue weighted by Crippen LogP contribution is 2.55. The van der Waals surface area contributed by atoms with Gasteiger partial charge in [-0.05, 0) is 54.3 Å². The van der Waals surface area contributed by atoms with Crippen LogP contribution in [0.3, 0.4) is 0 Å². The first-order valence-electron chi connectivity index (χ1n) is 8.57. The molecule has 0 N–H and O–H groups in total. The lowest BCUT2D eigenvalue weighted by Gasteiger charge is -2.48. The van der Waals surface area contributed by atoms with Crippen molar-refractivity contribution in [2.75, 3.05) is 0 Å². The average molecular weight is 457 g/mol. The molecule has 3 nitrogen and oxygen atoms in total. The third kappa shape index (κ3) is 2.86. The Hall–Kier alpha value is -0.400. The van der Waals surface area contributed by atoms with Crippen LogP contribution in [0.1, 0.15) is 39.5 Å². The van der Waals surface area contributed by atoms with Gasteiger partial charge < -0.3 is 0 Å². The molecule has 0 radical (unpaired) electrons. The molecule has 1 saturated carbocycles. The highest BCUT2D eigenvalue weighted by atomic mass is 127. The van der Waals surface area contributed by atoms with Crippen molar-refractivity contribution in [1.29, 1.82) is 0 Å². The molecule has 0 aromatic heterocycles.